The second-order valence-corrected chi connectivity index (χ2v) is 4.91. The lowest BCUT2D eigenvalue weighted by Crippen LogP contribution is -2.06. The molecule has 2 rings (SSSR count). The van der Waals surface area contributed by atoms with Crippen LogP contribution in [-0.4, -0.2) is 12.9 Å². The van der Waals surface area contributed by atoms with Gasteiger partial charge < -0.3 is 4.74 Å². The molecule has 0 unspecified atom stereocenters. The van der Waals surface area contributed by atoms with Crippen molar-refractivity contribution in [3.63, 3.8) is 0 Å². The lowest BCUT2D eigenvalue weighted by atomic mass is 9.96. The topological polar surface area (TPSA) is 26.3 Å². The third-order valence-electron chi connectivity index (χ3n) is 3.11. The lowest BCUT2D eigenvalue weighted by molar-refractivity contribution is 0.103. The maximum Gasteiger partial charge on any atom is 0.193 e. The van der Waals surface area contributed by atoms with Crippen LogP contribution in [-0.2, 0) is 0 Å². The lowest BCUT2D eigenvalue weighted by Gasteiger charge is -2.09. The highest BCUT2D eigenvalue weighted by Gasteiger charge is 2.14. The molecule has 0 spiro atoms. The molecule has 2 nitrogen and oxygen atoms in total. The van der Waals surface area contributed by atoms with Crippen molar-refractivity contribution in [2.75, 3.05) is 7.11 Å². The molecule has 0 saturated heterocycles. The minimum absolute atomic E-state index is 0.00863. The van der Waals surface area contributed by atoms with Gasteiger partial charge >= 0.3 is 0 Å². The summed E-state index contributed by atoms with van der Waals surface area (Å²) < 4.78 is 5.15. The van der Waals surface area contributed by atoms with Crippen LogP contribution in [0.3, 0.4) is 0 Å². The van der Waals surface area contributed by atoms with Crippen molar-refractivity contribution in [1.29, 1.82) is 0 Å². The van der Waals surface area contributed by atoms with Gasteiger partial charge in [0.05, 0.1) is 7.11 Å². The number of ether oxygens (including phenoxy) is 1. The van der Waals surface area contributed by atoms with Crippen LogP contribution >= 0.6 is 11.6 Å². The summed E-state index contributed by atoms with van der Waals surface area (Å²) in [4.78, 5) is 12.5. The Morgan fingerprint density at radius 3 is 2.11 bits per heavy atom. The van der Waals surface area contributed by atoms with Gasteiger partial charge in [-0.25, -0.2) is 0 Å². The fourth-order valence-corrected chi connectivity index (χ4v) is 2.27. The number of rotatable bonds is 3. The van der Waals surface area contributed by atoms with E-state index in [9.17, 15) is 4.79 Å². The molecule has 0 heterocycles. The first kappa shape index (κ1) is 13.6. The molecule has 3 heteroatoms. The van der Waals surface area contributed by atoms with Gasteiger partial charge in [-0.2, -0.15) is 0 Å². The quantitative estimate of drug-likeness (QED) is 0.784. The Kier molecular flexibility index (Phi) is 3.91. The van der Waals surface area contributed by atoms with Crippen molar-refractivity contribution in [3.05, 3.63) is 63.7 Å². The highest BCUT2D eigenvalue weighted by molar-refractivity contribution is 6.30. The second kappa shape index (κ2) is 5.45. The predicted molar refractivity (Wildman–Crippen MR) is 77.4 cm³/mol. The Balaban J connectivity index is 2.44. The van der Waals surface area contributed by atoms with E-state index in [0.717, 1.165) is 16.9 Å². The molecular formula is C16H15ClO2. The molecule has 0 saturated carbocycles. The predicted octanol–water partition coefficient (Wildman–Crippen LogP) is 4.20. The maximum absolute atomic E-state index is 12.5. The first-order valence-corrected chi connectivity index (χ1v) is 6.36. The zero-order chi connectivity index (χ0) is 14.0. The molecule has 2 aromatic rings. The number of aryl methyl sites for hydroxylation is 2. The van der Waals surface area contributed by atoms with Crippen LogP contribution < -0.4 is 4.74 Å². The first-order valence-electron chi connectivity index (χ1n) is 5.98. The van der Waals surface area contributed by atoms with Gasteiger partial charge in [0.15, 0.2) is 5.78 Å². The number of ketones is 1. The van der Waals surface area contributed by atoms with E-state index in [1.165, 1.54) is 0 Å². The van der Waals surface area contributed by atoms with Gasteiger partial charge in [0.2, 0.25) is 0 Å². The van der Waals surface area contributed by atoms with Crippen LogP contribution in [0.1, 0.15) is 27.0 Å². The van der Waals surface area contributed by atoms with Crippen LogP contribution in [0.5, 0.6) is 5.75 Å². The van der Waals surface area contributed by atoms with Crippen molar-refractivity contribution in [3.8, 4) is 5.75 Å². The largest absolute Gasteiger partial charge is 0.497 e. The third kappa shape index (κ3) is 2.79. The van der Waals surface area contributed by atoms with Crippen LogP contribution in [0.4, 0.5) is 0 Å². The highest BCUT2D eigenvalue weighted by atomic mass is 35.5. The van der Waals surface area contributed by atoms with E-state index >= 15 is 0 Å². The average Bonchev–Trinajstić information content (AvgIpc) is 2.37. The average molecular weight is 275 g/mol. The van der Waals surface area contributed by atoms with Crippen molar-refractivity contribution in [2.45, 2.75) is 13.8 Å². The molecule has 0 N–H and O–H groups in total. The molecule has 98 valence electrons. The third-order valence-corrected chi connectivity index (χ3v) is 3.35. The Morgan fingerprint density at radius 2 is 1.58 bits per heavy atom. The number of hydrogen-bond acceptors (Lipinski definition) is 2. The number of benzene rings is 2. The molecule has 19 heavy (non-hydrogen) atoms. The van der Waals surface area contributed by atoms with Crippen molar-refractivity contribution < 1.29 is 9.53 Å². The second-order valence-electron chi connectivity index (χ2n) is 4.47. The van der Waals surface area contributed by atoms with Gasteiger partial charge in [-0.05, 0) is 61.4 Å². The Hall–Kier alpha value is -1.80. The van der Waals surface area contributed by atoms with E-state index in [1.807, 2.05) is 19.9 Å². The summed E-state index contributed by atoms with van der Waals surface area (Å²) in [5.41, 5.74) is 3.15. The summed E-state index contributed by atoms with van der Waals surface area (Å²) in [6.07, 6.45) is 0. The molecule has 0 atom stereocenters. The van der Waals surface area contributed by atoms with Gasteiger partial charge in [-0.1, -0.05) is 11.6 Å². The molecule has 2 aromatic carbocycles. The maximum atomic E-state index is 12.5. The molecule has 0 aromatic heterocycles. The molecule has 0 radical (unpaired) electrons. The summed E-state index contributed by atoms with van der Waals surface area (Å²) in [6.45, 7) is 3.79. The molecule has 0 aliphatic carbocycles. The fraction of sp³-hybridized carbons (Fsp3) is 0.188. The van der Waals surface area contributed by atoms with Crippen LogP contribution in [0, 0.1) is 13.8 Å². The standard InChI is InChI=1S/C16H15ClO2/c1-10-8-12(17)4-6-14(10)16(18)15-7-5-13(19-3)9-11(15)2/h4-9H,1-3H3. The van der Waals surface area contributed by atoms with E-state index in [2.05, 4.69) is 0 Å². The molecule has 0 amide bonds. The smallest absolute Gasteiger partial charge is 0.193 e. The summed E-state index contributed by atoms with van der Waals surface area (Å²) in [7, 11) is 1.61. The Labute approximate surface area is 118 Å². The van der Waals surface area contributed by atoms with E-state index in [4.69, 9.17) is 16.3 Å². The van der Waals surface area contributed by atoms with Crippen molar-refractivity contribution >= 4 is 17.4 Å². The molecule has 0 aliphatic rings. The Bertz CT molecular complexity index is 633. The zero-order valence-corrected chi connectivity index (χ0v) is 11.9. The SMILES string of the molecule is COc1ccc(C(=O)c2ccc(Cl)cc2C)c(C)c1. The number of carbonyl (C=O) groups is 1. The summed E-state index contributed by atoms with van der Waals surface area (Å²) in [5, 5.41) is 0.639. The molecule has 0 fully saturated rings. The number of halogens is 1. The fourth-order valence-electron chi connectivity index (χ4n) is 2.04. The molecular weight excluding hydrogens is 260 g/mol. The first-order chi connectivity index (χ1) is 9.02. The number of hydrogen-bond donors (Lipinski definition) is 0. The van der Waals surface area contributed by atoms with Crippen molar-refractivity contribution in [1.82, 2.24) is 0 Å². The van der Waals surface area contributed by atoms with Crippen LogP contribution in [0.15, 0.2) is 36.4 Å². The number of methoxy groups -OCH3 is 1. The minimum atomic E-state index is 0.00863. The number of carbonyl (C=O) groups excluding carboxylic acids is 1. The van der Waals surface area contributed by atoms with Crippen LogP contribution in [0.2, 0.25) is 5.02 Å². The van der Waals surface area contributed by atoms with Gasteiger partial charge in [-0.3, -0.25) is 4.79 Å². The normalized spacial score (nSPS) is 10.3. The van der Waals surface area contributed by atoms with E-state index in [-0.39, 0.29) is 5.78 Å². The van der Waals surface area contributed by atoms with Gasteiger partial charge in [-0.15, -0.1) is 0 Å². The van der Waals surface area contributed by atoms with Crippen LogP contribution in [0.25, 0.3) is 0 Å². The minimum Gasteiger partial charge on any atom is -0.497 e. The zero-order valence-electron chi connectivity index (χ0n) is 11.2. The summed E-state index contributed by atoms with van der Waals surface area (Å²) in [6, 6.07) is 10.8. The van der Waals surface area contributed by atoms with E-state index in [0.29, 0.717) is 16.1 Å². The van der Waals surface area contributed by atoms with E-state index in [1.54, 1.807) is 37.4 Å². The Morgan fingerprint density at radius 1 is 1.00 bits per heavy atom. The summed E-state index contributed by atoms with van der Waals surface area (Å²) >= 11 is 5.91. The molecule has 0 bridgehead atoms. The van der Waals surface area contributed by atoms with Gasteiger partial charge in [0, 0.05) is 16.1 Å². The van der Waals surface area contributed by atoms with Gasteiger partial charge in [0.25, 0.3) is 0 Å². The van der Waals surface area contributed by atoms with Crippen molar-refractivity contribution in [2.24, 2.45) is 0 Å². The molecule has 0 aliphatic heterocycles. The summed E-state index contributed by atoms with van der Waals surface area (Å²) in [5.74, 6) is 0.760. The highest BCUT2D eigenvalue weighted by Crippen LogP contribution is 2.22. The van der Waals surface area contributed by atoms with Gasteiger partial charge in [0.1, 0.15) is 5.75 Å². The monoisotopic (exact) mass is 274 g/mol. The van der Waals surface area contributed by atoms with E-state index < -0.39 is 0 Å².